The molecule has 2 aromatic heterocycles. The molecule has 0 atom stereocenters. The zero-order valence-corrected chi connectivity index (χ0v) is 16.2. The molecular weight excluding hydrogens is 350 g/mol. The molecular formula is C19H22ClN5O. The number of carbonyl (C=O) groups excluding carboxylic acids is 1. The van der Waals surface area contributed by atoms with E-state index in [0.29, 0.717) is 23.7 Å². The number of benzene rings is 1. The molecule has 0 bridgehead atoms. The SMILES string of the molecule is Cc1nc2ccc(C(=O)NCCCn3nc(C)c(Cl)c3C)cc2nc1C. The van der Waals surface area contributed by atoms with E-state index >= 15 is 0 Å². The fourth-order valence-corrected chi connectivity index (χ4v) is 2.93. The molecule has 3 aromatic rings. The zero-order valence-electron chi connectivity index (χ0n) is 15.4. The molecule has 6 nitrogen and oxygen atoms in total. The van der Waals surface area contributed by atoms with E-state index in [1.807, 2.05) is 38.4 Å². The summed E-state index contributed by atoms with van der Waals surface area (Å²) in [7, 11) is 0. The van der Waals surface area contributed by atoms with Crippen molar-refractivity contribution >= 4 is 28.5 Å². The van der Waals surface area contributed by atoms with Crippen LogP contribution in [-0.4, -0.2) is 32.2 Å². The number of fused-ring (bicyclic) bond motifs is 1. The Hall–Kier alpha value is -2.47. The van der Waals surface area contributed by atoms with E-state index in [4.69, 9.17) is 11.6 Å². The lowest BCUT2D eigenvalue weighted by Crippen LogP contribution is -2.25. The van der Waals surface area contributed by atoms with Crippen LogP contribution in [0.4, 0.5) is 0 Å². The lowest BCUT2D eigenvalue weighted by atomic mass is 10.1. The van der Waals surface area contributed by atoms with Gasteiger partial charge in [-0.1, -0.05) is 11.6 Å². The molecule has 0 spiro atoms. The second-order valence-corrected chi connectivity index (χ2v) is 6.79. The highest BCUT2D eigenvalue weighted by Gasteiger charge is 2.10. The molecule has 0 aliphatic carbocycles. The van der Waals surface area contributed by atoms with Gasteiger partial charge in [0.25, 0.3) is 5.91 Å². The fraction of sp³-hybridized carbons (Fsp3) is 0.368. The van der Waals surface area contributed by atoms with Gasteiger partial charge in [-0.05, 0) is 52.3 Å². The van der Waals surface area contributed by atoms with Gasteiger partial charge in [-0.25, -0.2) is 9.97 Å². The summed E-state index contributed by atoms with van der Waals surface area (Å²) in [5.74, 6) is -0.113. The first-order valence-corrected chi connectivity index (χ1v) is 8.97. The normalized spacial score (nSPS) is 11.1. The first kappa shape index (κ1) is 18.3. The molecule has 1 aromatic carbocycles. The number of rotatable bonds is 5. The van der Waals surface area contributed by atoms with Crippen molar-refractivity contribution < 1.29 is 4.79 Å². The molecule has 7 heteroatoms. The molecule has 0 saturated heterocycles. The van der Waals surface area contributed by atoms with E-state index in [0.717, 1.165) is 40.2 Å². The van der Waals surface area contributed by atoms with E-state index in [9.17, 15) is 4.79 Å². The van der Waals surface area contributed by atoms with Gasteiger partial charge in [0.15, 0.2) is 0 Å². The van der Waals surface area contributed by atoms with Crippen molar-refractivity contribution in [3.05, 3.63) is 51.6 Å². The van der Waals surface area contributed by atoms with Crippen LogP contribution in [0.1, 0.15) is 39.6 Å². The molecule has 0 fully saturated rings. The Morgan fingerprint density at radius 3 is 2.42 bits per heavy atom. The maximum Gasteiger partial charge on any atom is 0.251 e. The van der Waals surface area contributed by atoms with Crippen molar-refractivity contribution in [2.24, 2.45) is 0 Å². The van der Waals surface area contributed by atoms with Crippen molar-refractivity contribution in [1.82, 2.24) is 25.1 Å². The third-order valence-electron chi connectivity index (χ3n) is 4.46. The second kappa shape index (κ2) is 7.41. The Bertz CT molecular complexity index is 980. The Kier molecular flexibility index (Phi) is 5.23. The maximum absolute atomic E-state index is 12.4. The molecule has 3 rings (SSSR count). The topological polar surface area (TPSA) is 72.7 Å². The van der Waals surface area contributed by atoms with Gasteiger partial charge in [0, 0.05) is 18.7 Å². The van der Waals surface area contributed by atoms with Crippen LogP contribution in [0.5, 0.6) is 0 Å². The minimum atomic E-state index is -0.113. The summed E-state index contributed by atoms with van der Waals surface area (Å²) >= 11 is 6.15. The highest BCUT2D eigenvalue weighted by Crippen LogP contribution is 2.19. The number of nitrogens with one attached hydrogen (secondary N) is 1. The summed E-state index contributed by atoms with van der Waals surface area (Å²) in [6.07, 6.45) is 0.774. The number of hydrogen-bond donors (Lipinski definition) is 1. The average molecular weight is 372 g/mol. The van der Waals surface area contributed by atoms with E-state index in [1.54, 1.807) is 12.1 Å². The van der Waals surface area contributed by atoms with Gasteiger partial charge in [0.05, 0.1) is 38.8 Å². The Balaban J connectivity index is 1.60. The van der Waals surface area contributed by atoms with Crippen LogP contribution in [0.3, 0.4) is 0 Å². The highest BCUT2D eigenvalue weighted by molar-refractivity contribution is 6.31. The fourth-order valence-electron chi connectivity index (χ4n) is 2.80. The second-order valence-electron chi connectivity index (χ2n) is 6.42. The summed E-state index contributed by atoms with van der Waals surface area (Å²) in [4.78, 5) is 21.4. The van der Waals surface area contributed by atoms with Crippen molar-refractivity contribution in [2.45, 2.75) is 40.7 Å². The predicted molar refractivity (Wildman–Crippen MR) is 103 cm³/mol. The molecule has 0 aliphatic heterocycles. The Morgan fingerprint density at radius 1 is 1.08 bits per heavy atom. The van der Waals surface area contributed by atoms with Gasteiger partial charge in [-0.15, -0.1) is 0 Å². The van der Waals surface area contributed by atoms with E-state index < -0.39 is 0 Å². The van der Waals surface area contributed by atoms with Crippen molar-refractivity contribution in [3.8, 4) is 0 Å². The first-order chi connectivity index (χ1) is 12.4. The van der Waals surface area contributed by atoms with Crippen LogP contribution in [0.15, 0.2) is 18.2 Å². The minimum Gasteiger partial charge on any atom is -0.352 e. The number of carbonyl (C=O) groups is 1. The van der Waals surface area contributed by atoms with Crippen LogP contribution in [-0.2, 0) is 6.54 Å². The largest absolute Gasteiger partial charge is 0.352 e. The van der Waals surface area contributed by atoms with Gasteiger partial charge >= 0.3 is 0 Å². The number of aromatic nitrogens is 4. The lowest BCUT2D eigenvalue weighted by Gasteiger charge is -2.08. The molecule has 1 N–H and O–H groups in total. The van der Waals surface area contributed by atoms with Crippen molar-refractivity contribution in [3.63, 3.8) is 0 Å². The number of nitrogens with zero attached hydrogens (tertiary/aromatic N) is 4. The number of hydrogen-bond acceptors (Lipinski definition) is 4. The maximum atomic E-state index is 12.4. The van der Waals surface area contributed by atoms with Gasteiger partial charge < -0.3 is 5.32 Å². The van der Waals surface area contributed by atoms with Gasteiger partial charge in [-0.3, -0.25) is 9.48 Å². The summed E-state index contributed by atoms with van der Waals surface area (Å²) < 4.78 is 1.88. The van der Waals surface area contributed by atoms with Crippen LogP contribution >= 0.6 is 11.6 Å². The molecule has 0 radical (unpaired) electrons. The third-order valence-corrected chi connectivity index (χ3v) is 5.01. The quantitative estimate of drug-likeness (QED) is 0.696. The third kappa shape index (κ3) is 3.70. The van der Waals surface area contributed by atoms with E-state index in [1.165, 1.54) is 0 Å². The molecule has 1 amide bonds. The standard InChI is InChI=1S/C19H22ClN5O/c1-11-12(2)23-17-10-15(6-7-16(17)22-11)19(26)21-8-5-9-25-14(4)18(20)13(3)24-25/h6-7,10H,5,8-9H2,1-4H3,(H,21,26). The Morgan fingerprint density at radius 2 is 1.77 bits per heavy atom. The zero-order chi connectivity index (χ0) is 18.8. The summed E-state index contributed by atoms with van der Waals surface area (Å²) in [5, 5.41) is 8.04. The molecule has 26 heavy (non-hydrogen) atoms. The van der Waals surface area contributed by atoms with Gasteiger partial charge in [-0.2, -0.15) is 5.10 Å². The predicted octanol–water partition coefficient (Wildman–Crippen LogP) is 3.53. The first-order valence-electron chi connectivity index (χ1n) is 8.59. The molecule has 0 aliphatic rings. The van der Waals surface area contributed by atoms with E-state index in [-0.39, 0.29) is 5.91 Å². The lowest BCUT2D eigenvalue weighted by molar-refractivity contribution is 0.0952. The minimum absolute atomic E-state index is 0.113. The molecule has 136 valence electrons. The highest BCUT2D eigenvalue weighted by atomic mass is 35.5. The number of aryl methyl sites for hydroxylation is 4. The Labute approximate surface area is 157 Å². The smallest absolute Gasteiger partial charge is 0.251 e. The summed E-state index contributed by atoms with van der Waals surface area (Å²) in [6, 6.07) is 5.40. The number of halogens is 1. The van der Waals surface area contributed by atoms with Gasteiger partial charge in [0.1, 0.15) is 0 Å². The van der Waals surface area contributed by atoms with Crippen LogP contribution < -0.4 is 5.32 Å². The number of amides is 1. The molecule has 2 heterocycles. The van der Waals surface area contributed by atoms with Gasteiger partial charge in [0.2, 0.25) is 0 Å². The van der Waals surface area contributed by atoms with Crippen LogP contribution in [0.25, 0.3) is 11.0 Å². The molecule has 0 unspecified atom stereocenters. The van der Waals surface area contributed by atoms with E-state index in [2.05, 4.69) is 20.4 Å². The average Bonchev–Trinajstić information content (AvgIpc) is 2.86. The van der Waals surface area contributed by atoms with Crippen molar-refractivity contribution in [1.29, 1.82) is 0 Å². The summed E-state index contributed by atoms with van der Waals surface area (Å²) in [6.45, 7) is 8.95. The van der Waals surface area contributed by atoms with Crippen LogP contribution in [0, 0.1) is 27.7 Å². The molecule has 0 saturated carbocycles. The van der Waals surface area contributed by atoms with Crippen molar-refractivity contribution in [2.75, 3.05) is 6.54 Å². The summed E-state index contributed by atoms with van der Waals surface area (Å²) in [5.41, 5.74) is 5.68. The van der Waals surface area contributed by atoms with Crippen LogP contribution in [0.2, 0.25) is 5.02 Å². The monoisotopic (exact) mass is 371 g/mol.